The van der Waals surface area contributed by atoms with Crippen LogP contribution < -0.4 is 25.4 Å². The van der Waals surface area contributed by atoms with E-state index in [4.69, 9.17) is 19.6 Å². The molecule has 0 radical (unpaired) electrons. The number of ether oxygens (including phenoxy) is 2. The summed E-state index contributed by atoms with van der Waals surface area (Å²) in [6.45, 7) is 6.84. The molecule has 0 bridgehead atoms. The number of amides is 2. The van der Waals surface area contributed by atoms with E-state index in [1.165, 1.54) is 19.1 Å². The topological polar surface area (TPSA) is 162 Å². The lowest BCUT2D eigenvalue weighted by molar-refractivity contribution is -0.124. The van der Waals surface area contributed by atoms with Gasteiger partial charge in [-0.05, 0) is 31.4 Å². The summed E-state index contributed by atoms with van der Waals surface area (Å²) in [4.78, 5) is 45.4. The van der Waals surface area contributed by atoms with Crippen molar-refractivity contribution in [3.63, 3.8) is 0 Å². The van der Waals surface area contributed by atoms with Gasteiger partial charge in [-0.2, -0.15) is 0 Å². The molecule has 216 valence electrons. The number of hydrogen-bond acceptors (Lipinski definition) is 10. The van der Waals surface area contributed by atoms with E-state index in [0.29, 0.717) is 34.9 Å². The molecule has 0 fully saturated rings. The highest BCUT2D eigenvalue weighted by atomic mass is 16.5. The highest BCUT2D eigenvalue weighted by Gasteiger charge is 2.34. The third-order valence-electron chi connectivity index (χ3n) is 6.72. The zero-order chi connectivity index (χ0) is 29.8. The first-order valence-electron chi connectivity index (χ1n) is 13.1. The van der Waals surface area contributed by atoms with Crippen LogP contribution in [-0.4, -0.2) is 66.5 Å². The standard InChI is InChI=1S/C29H34N6O6/c1-15(2)25(26(37)28-34-33-24(41-28)11-18-9-7-8-16(3)10-18)32-23(36)14-35-20-13-22(40-6)21(39-5)12-19(20)17(4)31-27(30)29(35)38/h7-10,12-13,15,25,27H,11,14,30H2,1-6H3,(H,32,36). The number of nitrogens with zero attached hydrogens (tertiary/aromatic N) is 4. The number of benzodiazepines with no additional fused rings is 1. The van der Waals surface area contributed by atoms with Crippen LogP contribution in [0.25, 0.3) is 0 Å². The van der Waals surface area contributed by atoms with Gasteiger partial charge in [0.05, 0.1) is 32.4 Å². The normalized spacial score (nSPS) is 15.6. The van der Waals surface area contributed by atoms with Crippen molar-refractivity contribution < 1.29 is 28.3 Å². The quantitative estimate of drug-likeness (QED) is 0.353. The Morgan fingerprint density at radius 3 is 2.46 bits per heavy atom. The summed E-state index contributed by atoms with van der Waals surface area (Å²) >= 11 is 0. The molecule has 1 aromatic heterocycles. The predicted molar refractivity (Wildman–Crippen MR) is 151 cm³/mol. The van der Waals surface area contributed by atoms with Crippen molar-refractivity contribution in [1.29, 1.82) is 0 Å². The molecule has 0 spiro atoms. The van der Waals surface area contributed by atoms with E-state index in [1.54, 1.807) is 32.9 Å². The van der Waals surface area contributed by atoms with Gasteiger partial charge in [0, 0.05) is 17.3 Å². The maximum Gasteiger partial charge on any atom is 0.286 e. The number of fused-ring (bicyclic) bond motifs is 1. The number of nitrogens with two attached hydrogens (primary N) is 1. The lowest BCUT2D eigenvalue weighted by Gasteiger charge is -2.26. The van der Waals surface area contributed by atoms with Gasteiger partial charge in [0.15, 0.2) is 17.7 Å². The molecule has 3 N–H and O–H groups in total. The Kier molecular flexibility index (Phi) is 8.82. The van der Waals surface area contributed by atoms with E-state index in [-0.39, 0.29) is 17.7 Å². The van der Waals surface area contributed by atoms with Crippen molar-refractivity contribution in [2.75, 3.05) is 25.7 Å². The first kappa shape index (κ1) is 29.4. The number of aryl methyl sites for hydroxylation is 1. The number of ketones is 1. The molecule has 2 unspecified atom stereocenters. The zero-order valence-corrected chi connectivity index (χ0v) is 23.9. The monoisotopic (exact) mass is 562 g/mol. The lowest BCUT2D eigenvalue weighted by Crippen LogP contribution is -2.51. The first-order valence-corrected chi connectivity index (χ1v) is 13.1. The van der Waals surface area contributed by atoms with Crippen LogP contribution in [0.15, 0.2) is 45.8 Å². The third kappa shape index (κ3) is 6.43. The van der Waals surface area contributed by atoms with E-state index in [9.17, 15) is 14.4 Å². The average molecular weight is 563 g/mol. The molecule has 3 aromatic rings. The molecule has 41 heavy (non-hydrogen) atoms. The van der Waals surface area contributed by atoms with Crippen LogP contribution in [0.4, 0.5) is 5.69 Å². The van der Waals surface area contributed by atoms with Gasteiger partial charge >= 0.3 is 0 Å². The number of carbonyl (C=O) groups excluding carboxylic acids is 3. The van der Waals surface area contributed by atoms with E-state index >= 15 is 0 Å². The van der Waals surface area contributed by atoms with Crippen LogP contribution >= 0.6 is 0 Å². The Morgan fingerprint density at radius 1 is 1.10 bits per heavy atom. The van der Waals surface area contributed by atoms with Crippen molar-refractivity contribution >= 4 is 29.0 Å². The van der Waals surface area contributed by atoms with Gasteiger partial charge < -0.3 is 24.9 Å². The molecule has 0 aliphatic carbocycles. The summed E-state index contributed by atoms with van der Waals surface area (Å²) in [7, 11) is 2.96. The SMILES string of the molecule is COc1cc2c(cc1OC)N(CC(=O)NC(C(=O)c1nnc(Cc3cccc(C)c3)o1)C(C)C)C(=O)C(N)N=C2C. The summed E-state index contributed by atoms with van der Waals surface area (Å²) < 4.78 is 16.5. The third-order valence-corrected chi connectivity index (χ3v) is 6.72. The second kappa shape index (κ2) is 12.3. The Morgan fingerprint density at radius 2 is 1.80 bits per heavy atom. The van der Waals surface area contributed by atoms with Gasteiger partial charge in [-0.25, -0.2) is 0 Å². The molecule has 2 aromatic carbocycles. The number of benzene rings is 2. The fourth-order valence-corrected chi connectivity index (χ4v) is 4.61. The minimum Gasteiger partial charge on any atom is -0.493 e. The summed E-state index contributed by atoms with van der Waals surface area (Å²) in [6.07, 6.45) is -0.854. The van der Waals surface area contributed by atoms with Gasteiger partial charge in [-0.15, -0.1) is 10.2 Å². The van der Waals surface area contributed by atoms with Crippen LogP contribution in [-0.2, 0) is 16.0 Å². The molecule has 2 amide bonds. The highest BCUT2D eigenvalue weighted by molar-refractivity contribution is 6.13. The van der Waals surface area contributed by atoms with Gasteiger partial charge in [0.2, 0.25) is 17.6 Å². The Hall–Kier alpha value is -4.58. The number of aromatic nitrogens is 2. The lowest BCUT2D eigenvalue weighted by atomic mass is 9.99. The molecule has 1 aliphatic rings. The minimum absolute atomic E-state index is 0.203. The Bertz CT molecular complexity index is 1500. The summed E-state index contributed by atoms with van der Waals surface area (Å²) in [6, 6.07) is 10.1. The van der Waals surface area contributed by atoms with Crippen molar-refractivity contribution in [3.05, 3.63) is 64.9 Å². The molecule has 0 saturated carbocycles. The molecule has 2 atom stereocenters. The minimum atomic E-state index is -1.22. The summed E-state index contributed by atoms with van der Waals surface area (Å²) in [5.41, 5.74) is 9.53. The largest absolute Gasteiger partial charge is 0.493 e. The average Bonchev–Trinajstić information content (AvgIpc) is 3.38. The number of Topliss-reactive ketones (excluding diaryl/α,β-unsaturated/α-hetero) is 1. The summed E-state index contributed by atoms with van der Waals surface area (Å²) in [5, 5.41) is 10.7. The number of aliphatic imine (C=N–C) groups is 1. The second-order valence-electron chi connectivity index (χ2n) is 10.1. The Labute approximate surface area is 237 Å². The van der Waals surface area contributed by atoms with E-state index in [1.807, 2.05) is 31.2 Å². The van der Waals surface area contributed by atoms with E-state index in [0.717, 1.165) is 11.1 Å². The van der Waals surface area contributed by atoms with Crippen LogP contribution in [0.3, 0.4) is 0 Å². The molecular weight excluding hydrogens is 528 g/mol. The summed E-state index contributed by atoms with van der Waals surface area (Å²) in [5.74, 6) is -1.14. The highest BCUT2D eigenvalue weighted by Crippen LogP contribution is 2.37. The molecule has 0 saturated heterocycles. The van der Waals surface area contributed by atoms with E-state index in [2.05, 4.69) is 20.5 Å². The van der Waals surface area contributed by atoms with Gasteiger partial charge in [-0.3, -0.25) is 24.3 Å². The predicted octanol–water partition coefficient (Wildman–Crippen LogP) is 2.45. The maximum atomic E-state index is 13.3. The number of carbonyl (C=O) groups is 3. The molecule has 12 nitrogen and oxygen atoms in total. The van der Waals surface area contributed by atoms with Crippen LogP contribution in [0.5, 0.6) is 11.5 Å². The first-order chi connectivity index (χ1) is 19.5. The molecular formula is C29H34N6O6. The zero-order valence-electron chi connectivity index (χ0n) is 23.9. The number of methoxy groups -OCH3 is 2. The second-order valence-corrected chi connectivity index (χ2v) is 10.1. The fraction of sp³-hybridized carbons (Fsp3) is 0.379. The fourth-order valence-electron chi connectivity index (χ4n) is 4.61. The number of rotatable bonds is 10. The van der Waals surface area contributed by atoms with Gasteiger partial charge in [0.1, 0.15) is 6.54 Å². The van der Waals surface area contributed by atoms with E-state index < -0.39 is 36.3 Å². The van der Waals surface area contributed by atoms with Crippen molar-refractivity contribution in [1.82, 2.24) is 15.5 Å². The maximum absolute atomic E-state index is 13.3. The van der Waals surface area contributed by atoms with Gasteiger partial charge in [-0.1, -0.05) is 43.7 Å². The molecule has 4 rings (SSSR count). The molecule has 12 heteroatoms. The molecule has 2 heterocycles. The van der Waals surface area contributed by atoms with Crippen LogP contribution in [0.2, 0.25) is 0 Å². The van der Waals surface area contributed by atoms with Gasteiger partial charge in [0.25, 0.3) is 11.8 Å². The van der Waals surface area contributed by atoms with Crippen molar-refractivity contribution in [3.8, 4) is 11.5 Å². The van der Waals surface area contributed by atoms with Crippen molar-refractivity contribution in [2.24, 2.45) is 16.6 Å². The smallest absolute Gasteiger partial charge is 0.286 e. The molecule has 1 aliphatic heterocycles. The van der Waals surface area contributed by atoms with Crippen LogP contribution in [0, 0.1) is 12.8 Å². The Balaban J connectivity index is 1.55. The number of anilines is 1. The number of hydrogen-bond donors (Lipinski definition) is 2. The van der Waals surface area contributed by atoms with Crippen molar-refractivity contribution in [2.45, 2.75) is 46.3 Å². The number of nitrogens with one attached hydrogen (secondary N) is 1. The van der Waals surface area contributed by atoms with Crippen LogP contribution in [0.1, 0.15) is 54.0 Å².